The summed E-state index contributed by atoms with van der Waals surface area (Å²) < 4.78 is 0. The van der Waals surface area contributed by atoms with Crippen LogP contribution >= 0.6 is 0 Å². The molecule has 0 aromatic rings. The van der Waals surface area contributed by atoms with Crippen LogP contribution < -0.4 is 0 Å². The first-order valence-electron chi connectivity index (χ1n) is 3.28. The molecule has 0 spiro atoms. The van der Waals surface area contributed by atoms with Crippen molar-refractivity contribution in [1.82, 2.24) is 0 Å². The second kappa shape index (κ2) is 2.52. The van der Waals surface area contributed by atoms with Gasteiger partial charge in [0.1, 0.15) is 0 Å². The maximum atomic E-state index is 2.51. The van der Waals surface area contributed by atoms with Gasteiger partial charge in [-0.2, -0.15) is 12.3 Å². The summed E-state index contributed by atoms with van der Waals surface area (Å²) >= 11 is 0. The van der Waals surface area contributed by atoms with Gasteiger partial charge >= 0.3 is 0 Å². The largest absolute Gasteiger partial charge is 0.325 e. The third-order valence-electron chi connectivity index (χ3n) is 2.38. The van der Waals surface area contributed by atoms with E-state index in [1.165, 1.54) is 25.7 Å². The first-order valence-corrected chi connectivity index (χ1v) is 3.28. The molecule has 2 aliphatic rings. The van der Waals surface area contributed by atoms with Crippen molar-refractivity contribution in [2.45, 2.75) is 25.7 Å². The quantitative estimate of drug-likeness (QED) is 0.595. The topological polar surface area (TPSA) is 0 Å². The summed E-state index contributed by atoms with van der Waals surface area (Å²) in [4.78, 5) is 0. The van der Waals surface area contributed by atoms with Crippen LogP contribution in [0, 0.1) is 18.3 Å². The molecule has 2 saturated carbocycles. The zero-order chi connectivity index (χ0) is 4.69. The van der Waals surface area contributed by atoms with E-state index in [1.54, 1.807) is 0 Å². The smallest absolute Gasteiger partial charge is 0 e. The molecule has 2 rings (SSSR count). The Bertz CT molecular complexity index is 62.5. The van der Waals surface area contributed by atoms with Crippen LogP contribution in [0.1, 0.15) is 25.7 Å². The summed E-state index contributed by atoms with van der Waals surface area (Å²) in [5, 5.41) is 0. The van der Waals surface area contributed by atoms with E-state index in [4.69, 9.17) is 0 Å². The van der Waals surface area contributed by atoms with Gasteiger partial charge in [-0.3, -0.25) is 0 Å². The van der Waals surface area contributed by atoms with Crippen molar-refractivity contribution in [1.29, 1.82) is 0 Å². The Hall–Kier alpha value is 0.688. The third kappa shape index (κ3) is 1.00. The number of rotatable bonds is 0. The number of hydrogen-bond acceptors (Lipinski definition) is 0. The fourth-order valence-electron chi connectivity index (χ4n) is 1.93. The van der Waals surface area contributed by atoms with Crippen LogP contribution in [0.4, 0.5) is 0 Å². The van der Waals surface area contributed by atoms with Gasteiger partial charge in [-0.05, 0) is 0 Å². The first kappa shape index (κ1) is 6.80. The normalized spacial score (nSPS) is 42.0. The molecule has 2 atom stereocenters. The Labute approximate surface area is 65.3 Å². The van der Waals surface area contributed by atoms with E-state index in [0.717, 1.165) is 11.8 Å². The molecule has 46 valence electrons. The van der Waals surface area contributed by atoms with Crippen molar-refractivity contribution in [3.63, 3.8) is 0 Å². The van der Waals surface area contributed by atoms with E-state index in [9.17, 15) is 0 Å². The van der Waals surface area contributed by atoms with Crippen molar-refractivity contribution < 1.29 is 21.1 Å². The Morgan fingerprint density at radius 3 is 2.25 bits per heavy atom. The zero-order valence-corrected chi connectivity index (χ0v) is 7.90. The molecule has 2 fully saturated rings. The van der Waals surface area contributed by atoms with Crippen LogP contribution in [-0.2, 0) is 21.1 Å². The van der Waals surface area contributed by atoms with Crippen molar-refractivity contribution in [3.8, 4) is 0 Å². The predicted octanol–water partition coefficient (Wildman–Crippen LogP) is 2.01. The predicted molar refractivity (Wildman–Crippen MR) is 29.7 cm³/mol. The van der Waals surface area contributed by atoms with Gasteiger partial charge in [0.2, 0.25) is 0 Å². The number of hydrogen-bond donors (Lipinski definition) is 0. The molecule has 2 unspecified atom stereocenters. The fourth-order valence-corrected chi connectivity index (χ4v) is 1.93. The molecular formula is C7H11W-. The Morgan fingerprint density at radius 1 is 1.25 bits per heavy atom. The van der Waals surface area contributed by atoms with Crippen LogP contribution in [0.3, 0.4) is 0 Å². The molecule has 0 radical (unpaired) electrons. The van der Waals surface area contributed by atoms with E-state index in [1.807, 2.05) is 0 Å². The summed E-state index contributed by atoms with van der Waals surface area (Å²) in [7, 11) is 0. The molecule has 0 nitrogen and oxygen atoms in total. The summed E-state index contributed by atoms with van der Waals surface area (Å²) in [6.45, 7) is 0. The summed E-state index contributed by atoms with van der Waals surface area (Å²) in [5.41, 5.74) is 0. The second-order valence-electron chi connectivity index (χ2n) is 2.91. The Morgan fingerprint density at radius 2 is 2.12 bits per heavy atom. The Balaban J connectivity index is 0.000000320. The van der Waals surface area contributed by atoms with Crippen LogP contribution in [-0.4, -0.2) is 0 Å². The third-order valence-corrected chi connectivity index (χ3v) is 2.38. The van der Waals surface area contributed by atoms with Crippen molar-refractivity contribution >= 4 is 0 Å². The molecule has 2 aliphatic carbocycles. The van der Waals surface area contributed by atoms with Gasteiger partial charge in [-0.1, -0.05) is 25.2 Å². The van der Waals surface area contributed by atoms with Crippen LogP contribution in [0.25, 0.3) is 0 Å². The molecule has 8 heavy (non-hydrogen) atoms. The minimum atomic E-state index is 0. The Kier molecular flexibility index (Phi) is 2.14. The monoisotopic (exact) mass is 279 g/mol. The van der Waals surface area contributed by atoms with Gasteiger partial charge < -0.3 is 6.42 Å². The molecule has 0 N–H and O–H groups in total. The summed E-state index contributed by atoms with van der Waals surface area (Å²) in [6, 6.07) is 0. The SMILES string of the molecule is [CH-]1CC2CCC1C2.[W]. The molecule has 0 aliphatic heterocycles. The van der Waals surface area contributed by atoms with E-state index >= 15 is 0 Å². The van der Waals surface area contributed by atoms with E-state index in [0.29, 0.717) is 0 Å². The minimum Gasteiger partial charge on any atom is -0.325 e. The molecule has 0 aromatic carbocycles. The summed E-state index contributed by atoms with van der Waals surface area (Å²) in [5.74, 6) is 2.16. The van der Waals surface area contributed by atoms with Gasteiger partial charge in [0.05, 0.1) is 0 Å². The molecule has 0 heterocycles. The van der Waals surface area contributed by atoms with Gasteiger partial charge in [-0.15, -0.1) is 0 Å². The standard InChI is InChI=1S/C7H11.W/c1-2-7-4-3-6(1)5-7;/h1,6-7H,2-5H2;/q-1;. The molecule has 1 heteroatoms. The maximum absolute atomic E-state index is 2.51. The molecular weight excluding hydrogens is 268 g/mol. The van der Waals surface area contributed by atoms with Crippen molar-refractivity contribution in [2.75, 3.05) is 0 Å². The number of fused-ring (bicyclic) bond motifs is 2. The maximum Gasteiger partial charge on any atom is 0 e. The van der Waals surface area contributed by atoms with Gasteiger partial charge in [0.25, 0.3) is 0 Å². The van der Waals surface area contributed by atoms with Crippen molar-refractivity contribution in [3.05, 3.63) is 6.42 Å². The first-order chi connectivity index (χ1) is 3.45. The van der Waals surface area contributed by atoms with Gasteiger partial charge in [0.15, 0.2) is 0 Å². The molecule has 2 bridgehead atoms. The zero-order valence-electron chi connectivity index (χ0n) is 4.97. The van der Waals surface area contributed by atoms with E-state index in [2.05, 4.69) is 6.42 Å². The van der Waals surface area contributed by atoms with Crippen molar-refractivity contribution in [2.24, 2.45) is 11.8 Å². The van der Waals surface area contributed by atoms with Crippen LogP contribution in [0.2, 0.25) is 0 Å². The van der Waals surface area contributed by atoms with Gasteiger partial charge in [0, 0.05) is 21.1 Å². The van der Waals surface area contributed by atoms with E-state index < -0.39 is 0 Å². The van der Waals surface area contributed by atoms with Crippen LogP contribution in [0.15, 0.2) is 0 Å². The average molecular weight is 279 g/mol. The molecule has 0 saturated heterocycles. The summed E-state index contributed by atoms with van der Waals surface area (Å²) in [6.07, 6.45) is 8.50. The second-order valence-corrected chi connectivity index (χ2v) is 2.91. The average Bonchev–Trinajstić information content (AvgIpc) is 2.22. The molecule has 0 amide bonds. The molecule has 0 aromatic heterocycles. The van der Waals surface area contributed by atoms with Crippen LogP contribution in [0.5, 0.6) is 0 Å². The minimum absolute atomic E-state index is 0. The fraction of sp³-hybridized carbons (Fsp3) is 0.857. The van der Waals surface area contributed by atoms with Gasteiger partial charge in [-0.25, -0.2) is 0 Å². The van der Waals surface area contributed by atoms with E-state index in [-0.39, 0.29) is 21.1 Å².